The highest BCUT2D eigenvalue weighted by molar-refractivity contribution is 5.89. The van der Waals surface area contributed by atoms with Gasteiger partial charge in [0.2, 0.25) is 0 Å². The second-order valence-corrected chi connectivity index (χ2v) is 5.09. The predicted octanol–water partition coefficient (Wildman–Crippen LogP) is 3.23. The van der Waals surface area contributed by atoms with E-state index in [1.54, 1.807) is 24.3 Å². The molecule has 0 N–H and O–H groups in total. The lowest BCUT2D eigenvalue weighted by molar-refractivity contribution is -0.151. The summed E-state index contributed by atoms with van der Waals surface area (Å²) in [6, 6.07) is 8.79. The van der Waals surface area contributed by atoms with Crippen molar-refractivity contribution in [1.29, 1.82) is 0 Å². The Hall–Kier alpha value is -2.10. The molecule has 4 heteroatoms. The van der Waals surface area contributed by atoms with E-state index in [-0.39, 0.29) is 5.97 Å². The van der Waals surface area contributed by atoms with Crippen molar-refractivity contribution in [2.24, 2.45) is 0 Å². The maximum Gasteiger partial charge on any atom is 0.342 e. The summed E-state index contributed by atoms with van der Waals surface area (Å²) >= 11 is 0. The topological polar surface area (TPSA) is 52.6 Å². The fraction of sp³-hybridized carbons (Fsp3) is 0.375. The fourth-order valence-electron chi connectivity index (χ4n) is 2.43. The zero-order valence-electron chi connectivity index (χ0n) is 11.7. The summed E-state index contributed by atoms with van der Waals surface area (Å²) in [4.78, 5) is 23.0. The van der Waals surface area contributed by atoms with Crippen molar-refractivity contribution in [3.63, 3.8) is 0 Å². The Morgan fingerprint density at radius 3 is 2.60 bits per heavy atom. The molecule has 1 aromatic rings. The minimum atomic E-state index is -0.650. The van der Waals surface area contributed by atoms with Crippen LogP contribution in [-0.4, -0.2) is 17.5 Å². The zero-order valence-corrected chi connectivity index (χ0v) is 11.7. The number of benzene rings is 1. The number of ether oxygens (including phenoxy) is 2. The molecule has 0 bridgehead atoms. The van der Waals surface area contributed by atoms with Gasteiger partial charge >= 0.3 is 11.9 Å². The number of rotatable bonds is 3. The molecule has 1 atom stereocenters. The molecule has 1 aliphatic carbocycles. The lowest BCUT2D eigenvalue weighted by atomic mass is 10.0. The fourth-order valence-corrected chi connectivity index (χ4v) is 2.43. The van der Waals surface area contributed by atoms with Gasteiger partial charge < -0.3 is 9.47 Å². The van der Waals surface area contributed by atoms with E-state index in [1.807, 2.05) is 13.0 Å². The SMILES string of the molecule is CC(=O)OC1(C)CCCC1=COC(=O)c1ccccc1. The van der Waals surface area contributed by atoms with Crippen LogP contribution >= 0.6 is 0 Å². The van der Waals surface area contributed by atoms with Gasteiger partial charge in [-0.25, -0.2) is 4.79 Å². The molecule has 1 aliphatic rings. The van der Waals surface area contributed by atoms with Crippen LogP contribution < -0.4 is 0 Å². The predicted molar refractivity (Wildman–Crippen MR) is 74.0 cm³/mol. The van der Waals surface area contributed by atoms with E-state index in [4.69, 9.17) is 9.47 Å². The minimum absolute atomic E-state index is 0.324. The van der Waals surface area contributed by atoms with Crippen molar-refractivity contribution in [2.75, 3.05) is 0 Å². The Kier molecular flexibility index (Phi) is 4.23. The molecule has 4 nitrogen and oxygen atoms in total. The normalized spacial score (nSPS) is 23.6. The van der Waals surface area contributed by atoms with E-state index in [9.17, 15) is 9.59 Å². The molecule has 1 saturated carbocycles. The number of hydrogen-bond acceptors (Lipinski definition) is 4. The molecular weight excluding hydrogens is 256 g/mol. The Bertz CT molecular complexity index is 533. The van der Waals surface area contributed by atoms with Crippen LogP contribution in [0.15, 0.2) is 42.2 Å². The Labute approximate surface area is 118 Å². The van der Waals surface area contributed by atoms with Crippen LogP contribution in [-0.2, 0) is 14.3 Å². The van der Waals surface area contributed by atoms with Gasteiger partial charge in [0.1, 0.15) is 5.60 Å². The third-order valence-electron chi connectivity index (χ3n) is 3.47. The first-order chi connectivity index (χ1) is 9.51. The highest BCUT2D eigenvalue weighted by Crippen LogP contribution is 2.38. The first-order valence-electron chi connectivity index (χ1n) is 6.66. The van der Waals surface area contributed by atoms with Crippen LogP contribution in [0.25, 0.3) is 0 Å². The second kappa shape index (κ2) is 5.90. The van der Waals surface area contributed by atoms with Crippen molar-refractivity contribution >= 4 is 11.9 Å². The molecule has 0 aliphatic heterocycles. The maximum absolute atomic E-state index is 11.9. The first kappa shape index (κ1) is 14.3. The van der Waals surface area contributed by atoms with Gasteiger partial charge in [0.05, 0.1) is 11.8 Å². The molecule has 0 saturated heterocycles. The minimum Gasteiger partial charge on any atom is -0.455 e. The van der Waals surface area contributed by atoms with E-state index in [0.29, 0.717) is 5.56 Å². The van der Waals surface area contributed by atoms with Gasteiger partial charge in [-0.3, -0.25) is 4.79 Å². The summed E-state index contributed by atoms with van der Waals surface area (Å²) in [7, 11) is 0. The molecule has 0 amide bonds. The van der Waals surface area contributed by atoms with Gasteiger partial charge in [-0.2, -0.15) is 0 Å². The smallest absolute Gasteiger partial charge is 0.342 e. The van der Waals surface area contributed by atoms with Crippen LogP contribution in [0.4, 0.5) is 0 Å². The number of carbonyl (C=O) groups is 2. The number of hydrogen-bond donors (Lipinski definition) is 0. The maximum atomic E-state index is 11.9. The molecule has 0 radical (unpaired) electrons. The van der Waals surface area contributed by atoms with Gasteiger partial charge in [-0.1, -0.05) is 18.2 Å². The van der Waals surface area contributed by atoms with Crippen LogP contribution in [0.5, 0.6) is 0 Å². The van der Waals surface area contributed by atoms with Gasteiger partial charge in [0, 0.05) is 12.5 Å². The summed E-state index contributed by atoms with van der Waals surface area (Å²) in [5.41, 5.74) is 0.691. The third-order valence-corrected chi connectivity index (χ3v) is 3.47. The summed E-state index contributed by atoms with van der Waals surface area (Å²) in [5, 5.41) is 0. The molecule has 0 aromatic heterocycles. The Balaban J connectivity index is 2.07. The molecule has 20 heavy (non-hydrogen) atoms. The molecule has 2 rings (SSSR count). The summed E-state index contributed by atoms with van der Waals surface area (Å²) in [6.07, 6.45) is 3.87. The molecule has 0 spiro atoms. The Morgan fingerprint density at radius 1 is 1.25 bits per heavy atom. The Morgan fingerprint density at radius 2 is 1.95 bits per heavy atom. The van der Waals surface area contributed by atoms with Crippen molar-refractivity contribution < 1.29 is 19.1 Å². The highest BCUT2D eigenvalue weighted by Gasteiger charge is 2.37. The van der Waals surface area contributed by atoms with Gasteiger partial charge in [0.25, 0.3) is 0 Å². The standard InChI is InChI=1S/C16H18O4/c1-12(17)20-16(2)10-6-9-14(16)11-19-15(18)13-7-4-3-5-8-13/h3-5,7-8,11H,6,9-10H2,1-2H3. The van der Waals surface area contributed by atoms with E-state index >= 15 is 0 Å². The van der Waals surface area contributed by atoms with E-state index < -0.39 is 11.6 Å². The van der Waals surface area contributed by atoms with Crippen LogP contribution in [0.1, 0.15) is 43.5 Å². The lowest BCUT2D eigenvalue weighted by Gasteiger charge is -2.25. The van der Waals surface area contributed by atoms with Crippen LogP contribution in [0, 0.1) is 0 Å². The van der Waals surface area contributed by atoms with Gasteiger partial charge in [-0.15, -0.1) is 0 Å². The third kappa shape index (κ3) is 3.26. The first-order valence-corrected chi connectivity index (χ1v) is 6.66. The molecule has 1 aromatic carbocycles. The molecule has 0 heterocycles. The van der Waals surface area contributed by atoms with Crippen LogP contribution in [0.2, 0.25) is 0 Å². The van der Waals surface area contributed by atoms with E-state index in [0.717, 1.165) is 24.8 Å². The van der Waals surface area contributed by atoms with Crippen molar-refractivity contribution in [3.8, 4) is 0 Å². The largest absolute Gasteiger partial charge is 0.455 e. The number of carbonyl (C=O) groups excluding carboxylic acids is 2. The van der Waals surface area contributed by atoms with Gasteiger partial charge in [0.15, 0.2) is 0 Å². The summed E-state index contributed by atoms with van der Waals surface area (Å²) < 4.78 is 10.5. The molecule has 106 valence electrons. The monoisotopic (exact) mass is 274 g/mol. The quantitative estimate of drug-likeness (QED) is 0.627. The second-order valence-electron chi connectivity index (χ2n) is 5.09. The van der Waals surface area contributed by atoms with Crippen molar-refractivity contribution in [3.05, 3.63) is 47.7 Å². The van der Waals surface area contributed by atoms with Crippen molar-refractivity contribution in [2.45, 2.75) is 38.7 Å². The highest BCUT2D eigenvalue weighted by atomic mass is 16.6. The van der Waals surface area contributed by atoms with Crippen molar-refractivity contribution in [1.82, 2.24) is 0 Å². The average molecular weight is 274 g/mol. The number of esters is 2. The average Bonchev–Trinajstić information content (AvgIpc) is 2.77. The summed E-state index contributed by atoms with van der Waals surface area (Å²) in [6.45, 7) is 3.24. The molecular formula is C16H18O4. The van der Waals surface area contributed by atoms with Gasteiger partial charge in [-0.05, 0) is 38.3 Å². The lowest BCUT2D eigenvalue weighted by Crippen LogP contribution is -2.29. The molecule has 1 fully saturated rings. The van der Waals surface area contributed by atoms with E-state index in [2.05, 4.69) is 0 Å². The zero-order chi connectivity index (χ0) is 14.6. The van der Waals surface area contributed by atoms with Crippen LogP contribution in [0.3, 0.4) is 0 Å². The molecule has 1 unspecified atom stereocenters. The van der Waals surface area contributed by atoms with E-state index in [1.165, 1.54) is 13.2 Å². The summed E-state index contributed by atoms with van der Waals surface area (Å²) in [5.74, 6) is -0.732.